The molecule has 0 radical (unpaired) electrons. The Morgan fingerprint density at radius 3 is 2.53 bits per heavy atom. The van der Waals surface area contributed by atoms with E-state index in [1.165, 1.54) is 28.5 Å². The number of hydrogen-bond acceptors (Lipinski definition) is 5. The first-order valence-corrected chi connectivity index (χ1v) is 12.6. The number of anilines is 1. The average molecular weight is 571 g/mol. The molecule has 0 atom stereocenters. The summed E-state index contributed by atoms with van der Waals surface area (Å²) in [5.41, 5.74) is 1.35. The number of piperazine rings is 1. The Bertz CT molecular complexity index is 774. The van der Waals surface area contributed by atoms with Gasteiger partial charge in [0.2, 0.25) is 0 Å². The third-order valence-electron chi connectivity index (χ3n) is 5.57. The van der Waals surface area contributed by atoms with Gasteiger partial charge in [0, 0.05) is 69.0 Å². The summed E-state index contributed by atoms with van der Waals surface area (Å²) in [5.74, 6) is 0.922. The van der Waals surface area contributed by atoms with E-state index in [1.807, 2.05) is 17.5 Å². The summed E-state index contributed by atoms with van der Waals surface area (Å²) in [5, 5.41) is 8.00. The zero-order chi connectivity index (χ0) is 21.7. The number of para-hydroxylation sites is 1. The molecule has 3 rings (SSSR count). The third kappa shape index (κ3) is 9.23. The molecule has 1 saturated heterocycles. The first-order valence-electron chi connectivity index (χ1n) is 11.8. The number of nitrogens with zero attached hydrogens (tertiary/aromatic N) is 4. The summed E-state index contributed by atoms with van der Waals surface area (Å²) in [7, 11) is 0. The number of benzene rings is 1. The lowest BCUT2D eigenvalue weighted by molar-refractivity contribution is 0.253. The highest BCUT2D eigenvalue weighted by atomic mass is 127. The van der Waals surface area contributed by atoms with Crippen molar-refractivity contribution in [1.82, 2.24) is 20.5 Å². The van der Waals surface area contributed by atoms with Crippen LogP contribution in [0.15, 0.2) is 41.5 Å². The van der Waals surface area contributed by atoms with Crippen molar-refractivity contribution in [2.24, 2.45) is 4.99 Å². The van der Waals surface area contributed by atoms with Gasteiger partial charge < -0.3 is 15.5 Å². The Labute approximate surface area is 214 Å². The minimum absolute atomic E-state index is 0. The van der Waals surface area contributed by atoms with Crippen LogP contribution in [0.5, 0.6) is 0 Å². The fourth-order valence-corrected chi connectivity index (χ4v) is 4.63. The van der Waals surface area contributed by atoms with E-state index in [0.29, 0.717) is 0 Å². The van der Waals surface area contributed by atoms with Gasteiger partial charge in [-0.3, -0.25) is 9.89 Å². The number of halogens is 1. The zero-order valence-corrected chi connectivity index (χ0v) is 22.7. The largest absolute Gasteiger partial charge is 0.369 e. The number of thiazole rings is 1. The molecule has 8 heteroatoms. The van der Waals surface area contributed by atoms with Crippen molar-refractivity contribution in [3.8, 4) is 0 Å². The van der Waals surface area contributed by atoms with Gasteiger partial charge in [-0.2, -0.15) is 0 Å². The number of rotatable bonds is 11. The third-order valence-corrected chi connectivity index (χ3v) is 6.77. The number of unbranched alkanes of at least 4 members (excludes halogenated alkanes) is 1. The number of nitrogens with one attached hydrogen (secondary N) is 2. The number of aromatic nitrogens is 1. The molecule has 1 fully saturated rings. The summed E-state index contributed by atoms with van der Waals surface area (Å²) in [6, 6.07) is 10.8. The fourth-order valence-electron chi connectivity index (χ4n) is 3.76. The van der Waals surface area contributed by atoms with Crippen LogP contribution < -0.4 is 15.5 Å². The second-order valence-electron chi connectivity index (χ2n) is 7.88. The molecule has 2 heterocycles. The van der Waals surface area contributed by atoms with Crippen molar-refractivity contribution in [3.63, 3.8) is 0 Å². The average Bonchev–Trinajstić information content (AvgIpc) is 3.28. The first kappa shape index (κ1) is 26.9. The molecule has 0 amide bonds. The van der Waals surface area contributed by atoms with Crippen molar-refractivity contribution in [3.05, 3.63) is 46.4 Å². The van der Waals surface area contributed by atoms with Gasteiger partial charge >= 0.3 is 0 Å². The zero-order valence-electron chi connectivity index (χ0n) is 19.6. The molecular formula is C24H39IN6S. The lowest BCUT2D eigenvalue weighted by Crippen LogP contribution is -2.46. The molecule has 1 aromatic carbocycles. The molecule has 178 valence electrons. The Hall–Kier alpha value is -1.39. The predicted octanol–water partition coefficient (Wildman–Crippen LogP) is 4.02. The van der Waals surface area contributed by atoms with Gasteiger partial charge in [-0.15, -0.1) is 35.3 Å². The molecule has 2 N–H and O–H groups in total. The van der Waals surface area contributed by atoms with Crippen LogP contribution in [0.1, 0.15) is 36.6 Å². The van der Waals surface area contributed by atoms with E-state index in [-0.39, 0.29) is 24.0 Å². The molecular weight excluding hydrogens is 531 g/mol. The van der Waals surface area contributed by atoms with Crippen molar-refractivity contribution < 1.29 is 0 Å². The van der Waals surface area contributed by atoms with Gasteiger partial charge in [-0.05, 0) is 44.9 Å². The number of aliphatic imine (C=N–C) groups is 1. The molecule has 6 nitrogen and oxygen atoms in total. The Morgan fingerprint density at radius 1 is 1.06 bits per heavy atom. The van der Waals surface area contributed by atoms with E-state index >= 15 is 0 Å². The fraction of sp³-hybridized carbons (Fsp3) is 0.583. The summed E-state index contributed by atoms with van der Waals surface area (Å²) >= 11 is 1.82. The molecule has 0 spiro atoms. The Kier molecular flexibility index (Phi) is 13.0. The lowest BCUT2D eigenvalue weighted by Gasteiger charge is -2.36. The highest BCUT2D eigenvalue weighted by Gasteiger charge is 2.16. The maximum atomic E-state index is 4.75. The highest BCUT2D eigenvalue weighted by Crippen LogP contribution is 2.16. The standard InChI is InChI=1S/C24H38N6S.HI/c1-3-22-20-28-23(31-22)12-14-27-24(25-4-2)26-13-8-9-15-29-16-18-30(19-17-29)21-10-6-5-7-11-21;/h5-7,10-11,20H,3-4,8-9,12-19H2,1-2H3,(H2,25,26,27);1H. The first-order chi connectivity index (χ1) is 15.3. The van der Waals surface area contributed by atoms with Crippen LogP contribution in [0.3, 0.4) is 0 Å². The number of hydrogen-bond donors (Lipinski definition) is 2. The van der Waals surface area contributed by atoms with Crippen molar-refractivity contribution in [2.45, 2.75) is 39.5 Å². The number of guanidine groups is 1. The van der Waals surface area contributed by atoms with Crippen molar-refractivity contribution in [1.29, 1.82) is 0 Å². The van der Waals surface area contributed by atoms with Crippen LogP contribution in [-0.4, -0.2) is 68.2 Å². The highest BCUT2D eigenvalue weighted by molar-refractivity contribution is 14.0. The van der Waals surface area contributed by atoms with Gasteiger partial charge in [0.25, 0.3) is 0 Å². The maximum absolute atomic E-state index is 4.75. The minimum Gasteiger partial charge on any atom is -0.369 e. The van der Waals surface area contributed by atoms with Gasteiger partial charge in [0.05, 0.1) is 5.01 Å². The quantitative estimate of drug-likeness (QED) is 0.185. The molecule has 0 unspecified atom stereocenters. The molecule has 0 aliphatic carbocycles. The summed E-state index contributed by atoms with van der Waals surface area (Å²) in [4.78, 5) is 15.7. The van der Waals surface area contributed by atoms with Crippen LogP contribution in [0.2, 0.25) is 0 Å². The summed E-state index contributed by atoms with van der Waals surface area (Å²) in [6.07, 6.45) is 6.34. The van der Waals surface area contributed by atoms with E-state index in [9.17, 15) is 0 Å². The summed E-state index contributed by atoms with van der Waals surface area (Å²) < 4.78 is 0. The van der Waals surface area contributed by atoms with E-state index in [2.05, 4.69) is 69.6 Å². The predicted molar refractivity (Wildman–Crippen MR) is 149 cm³/mol. The second-order valence-corrected chi connectivity index (χ2v) is 9.08. The Balaban J connectivity index is 0.00000363. The van der Waals surface area contributed by atoms with Crippen LogP contribution in [0.4, 0.5) is 5.69 Å². The monoisotopic (exact) mass is 570 g/mol. The normalized spacial score (nSPS) is 14.8. The van der Waals surface area contributed by atoms with Crippen LogP contribution in [-0.2, 0) is 12.8 Å². The van der Waals surface area contributed by atoms with Gasteiger partial charge in [0.15, 0.2) is 5.96 Å². The van der Waals surface area contributed by atoms with E-state index in [1.54, 1.807) is 0 Å². The molecule has 32 heavy (non-hydrogen) atoms. The SMILES string of the molecule is CCNC(=NCCCCN1CCN(c2ccccc2)CC1)NCCc1ncc(CC)s1.I. The minimum atomic E-state index is 0. The maximum Gasteiger partial charge on any atom is 0.191 e. The molecule has 0 bridgehead atoms. The van der Waals surface area contributed by atoms with E-state index < -0.39 is 0 Å². The van der Waals surface area contributed by atoms with Gasteiger partial charge in [0.1, 0.15) is 0 Å². The van der Waals surface area contributed by atoms with Gasteiger partial charge in [-0.1, -0.05) is 25.1 Å². The van der Waals surface area contributed by atoms with Crippen LogP contribution in [0, 0.1) is 0 Å². The van der Waals surface area contributed by atoms with Crippen LogP contribution in [0.25, 0.3) is 0 Å². The molecule has 0 saturated carbocycles. The molecule has 2 aromatic rings. The Morgan fingerprint density at radius 2 is 1.84 bits per heavy atom. The molecule has 1 aliphatic heterocycles. The van der Waals surface area contributed by atoms with E-state index in [0.717, 1.165) is 71.0 Å². The summed E-state index contributed by atoms with van der Waals surface area (Å²) in [6.45, 7) is 12.6. The van der Waals surface area contributed by atoms with E-state index in [4.69, 9.17) is 4.99 Å². The van der Waals surface area contributed by atoms with Crippen molar-refractivity contribution >= 4 is 47.0 Å². The second kappa shape index (κ2) is 15.4. The smallest absolute Gasteiger partial charge is 0.191 e. The van der Waals surface area contributed by atoms with Crippen LogP contribution >= 0.6 is 35.3 Å². The lowest BCUT2D eigenvalue weighted by atomic mass is 10.2. The molecule has 1 aliphatic rings. The topological polar surface area (TPSA) is 55.8 Å². The number of aryl methyl sites for hydroxylation is 1. The molecule has 1 aromatic heterocycles. The van der Waals surface area contributed by atoms with Crippen molar-refractivity contribution in [2.75, 3.05) is 57.3 Å². The van der Waals surface area contributed by atoms with Gasteiger partial charge in [-0.25, -0.2) is 4.98 Å².